The van der Waals surface area contributed by atoms with Crippen molar-refractivity contribution in [2.45, 2.75) is 77.8 Å². The second-order valence-electron chi connectivity index (χ2n) is 8.09. The maximum absolute atomic E-state index is 13.2. The van der Waals surface area contributed by atoms with Crippen molar-refractivity contribution in [1.29, 1.82) is 0 Å². The smallest absolute Gasteiger partial charge is 0.249 e. The van der Waals surface area contributed by atoms with Gasteiger partial charge in [0.1, 0.15) is 6.04 Å². The molecule has 1 atom stereocenters. The van der Waals surface area contributed by atoms with Gasteiger partial charge >= 0.3 is 0 Å². The van der Waals surface area contributed by atoms with Crippen LogP contribution in [0.1, 0.15) is 83.5 Å². The Morgan fingerprint density at radius 3 is 2.40 bits per heavy atom. The first-order valence-electron chi connectivity index (χ1n) is 9.85. The fourth-order valence-electron chi connectivity index (χ4n) is 3.97. The van der Waals surface area contributed by atoms with Crippen LogP contribution in [0, 0.1) is 5.92 Å². The van der Waals surface area contributed by atoms with Gasteiger partial charge in [-0.1, -0.05) is 19.0 Å². The van der Waals surface area contributed by atoms with E-state index in [4.69, 9.17) is 4.52 Å². The number of likely N-dealkylation sites (tertiary alicyclic amines) is 2. The molecule has 0 aliphatic carbocycles. The van der Waals surface area contributed by atoms with E-state index < -0.39 is 0 Å². The molecule has 0 unspecified atom stereocenters. The van der Waals surface area contributed by atoms with Crippen LogP contribution in [0.25, 0.3) is 0 Å². The Balaban J connectivity index is 1.69. The second-order valence-corrected chi connectivity index (χ2v) is 8.09. The van der Waals surface area contributed by atoms with E-state index in [2.05, 4.69) is 42.7 Å². The van der Waals surface area contributed by atoms with E-state index in [0.717, 1.165) is 57.6 Å². The van der Waals surface area contributed by atoms with Crippen LogP contribution in [0.3, 0.4) is 0 Å². The van der Waals surface area contributed by atoms with Gasteiger partial charge in [0.25, 0.3) is 0 Å². The summed E-state index contributed by atoms with van der Waals surface area (Å²) in [5.41, 5.74) is 0. The van der Waals surface area contributed by atoms with Crippen molar-refractivity contribution in [2.75, 3.05) is 19.6 Å². The number of amides is 1. The summed E-state index contributed by atoms with van der Waals surface area (Å²) >= 11 is 0. The minimum Gasteiger partial charge on any atom is -0.337 e. The molecule has 6 heteroatoms. The first kappa shape index (κ1) is 18.4. The van der Waals surface area contributed by atoms with Crippen LogP contribution in [0.4, 0.5) is 0 Å². The molecule has 3 heterocycles. The number of carbonyl (C=O) groups is 1. The Kier molecular flexibility index (Phi) is 5.77. The zero-order valence-electron chi connectivity index (χ0n) is 16.1. The molecule has 3 rings (SSSR count). The number of piperidine rings is 2. The Morgan fingerprint density at radius 2 is 1.80 bits per heavy atom. The summed E-state index contributed by atoms with van der Waals surface area (Å²) in [6.07, 6.45) is 5.02. The molecule has 0 bridgehead atoms. The monoisotopic (exact) mass is 348 g/mol. The van der Waals surface area contributed by atoms with Crippen molar-refractivity contribution in [3.05, 3.63) is 11.7 Å². The first-order chi connectivity index (χ1) is 12.0. The van der Waals surface area contributed by atoms with Gasteiger partial charge in [-0.05, 0) is 59.0 Å². The van der Waals surface area contributed by atoms with Crippen LogP contribution >= 0.6 is 0 Å². The first-order valence-corrected chi connectivity index (χ1v) is 9.85. The number of hydrogen-bond donors (Lipinski definition) is 0. The fourth-order valence-corrected chi connectivity index (χ4v) is 3.97. The Hall–Kier alpha value is -1.43. The van der Waals surface area contributed by atoms with E-state index in [-0.39, 0.29) is 23.8 Å². The van der Waals surface area contributed by atoms with Crippen LogP contribution in [0.15, 0.2) is 4.52 Å². The number of hydrogen-bond acceptors (Lipinski definition) is 5. The topological polar surface area (TPSA) is 62.5 Å². The fraction of sp³-hybridized carbons (Fsp3) is 0.842. The predicted molar refractivity (Wildman–Crippen MR) is 96.1 cm³/mol. The van der Waals surface area contributed by atoms with E-state index in [0.29, 0.717) is 11.9 Å². The van der Waals surface area contributed by atoms with Crippen molar-refractivity contribution in [2.24, 2.45) is 5.92 Å². The third-order valence-corrected chi connectivity index (χ3v) is 5.65. The maximum Gasteiger partial charge on any atom is 0.249 e. The molecule has 0 aromatic carbocycles. The Morgan fingerprint density at radius 1 is 1.08 bits per heavy atom. The lowest BCUT2D eigenvalue weighted by molar-refractivity contribution is -0.142. The highest BCUT2D eigenvalue weighted by atomic mass is 16.5. The molecule has 2 fully saturated rings. The minimum absolute atomic E-state index is 0.0376. The van der Waals surface area contributed by atoms with Gasteiger partial charge in [0.2, 0.25) is 11.8 Å². The molecule has 140 valence electrons. The number of carbonyl (C=O) groups excluding carboxylic acids is 1. The zero-order valence-corrected chi connectivity index (χ0v) is 16.1. The van der Waals surface area contributed by atoms with Gasteiger partial charge in [-0.3, -0.25) is 4.79 Å². The molecule has 6 nitrogen and oxygen atoms in total. The van der Waals surface area contributed by atoms with Gasteiger partial charge in [-0.25, -0.2) is 0 Å². The maximum atomic E-state index is 13.2. The second kappa shape index (κ2) is 7.85. The number of nitrogens with zero attached hydrogens (tertiary/aromatic N) is 4. The molecule has 1 amide bonds. The quantitative estimate of drug-likeness (QED) is 0.835. The summed E-state index contributed by atoms with van der Waals surface area (Å²) < 4.78 is 5.52. The van der Waals surface area contributed by atoms with E-state index in [1.807, 2.05) is 4.90 Å². The SMILES string of the molecule is CC(C)c1noc([C@@H]2CCCCN2C(=O)C2CCN(C(C)C)CC2)n1. The van der Waals surface area contributed by atoms with Gasteiger partial charge in [0, 0.05) is 24.4 Å². The van der Waals surface area contributed by atoms with E-state index in [9.17, 15) is 4.79 Å². The van der Waals surface area contributed by atoms with Gasteiger partial charge in [0.15, 0.2) is 5.82 Å². The summed E-state index contributed by atoms with van der Waals surface area (Å²) in [5, 5.41) is 4.10. The molecule has 1 aromatic rings. The molecule has 1 aromatic heterocycles. The molecule has 0 saturated carbocycles. The van der Waals surface area contributed by atoms with Gasteiger partial charge in [-0.15, -0.1) is 0 Å². The Bertz CT molecular complexity index is 576. The van der Waals surface area contributed by atoms with Crippen molar-refractivity contribution < 1.29 is 9.32 Å². The zero-order chi connectivity index (χ0) is 18.0. The molecule has 0 spiro atoms. The summed E-state index contributed by atoms with van der Waals surface area (Å²) in [5.74, 6) is 2.03. The normalized spacial score (nSPS) is 23.6. The molecular weight excluding hydrogens is 316 g/mol. The lowest BCUT2D eigenvalue weighted by Gasteiger charge is -2.39. The average Bonchev–Trinajstić information content (AvgIpc) is 3.11. The van der Waals surface area contributed by atoms with Crippen LogP contribution in [-0.2, 0) is 4.79 Å². The predicted octanol–water partition coefficient (Wildman–Crippen LogP) is 3.37. The molecule has 0 radical (unpaired) electrons. The largest absolute Gasteiger partial charge is 0.337 e. The highest BCUT2D eigenvalue weighted by Gasteiger charge is 2.36. The van der Waals surface area contributed by atoms with Crippen LogP contribution in [-0.4, -0.2) is 51.5 Å². The summed E-state index contributed by atoms with van der Waals surface area (Å²) in [7, 11) is 0. The third kappa shape index (κ3) is 4.05. The third-order valence-electron chi connectivity index (χ3n) is 5.65. The lowest BCUT2D eigenvalue weighted by Crippen LogP contribution is -2.46. The average molecular weight is 348 g/mol. The summed E-state index contributed by atoms with van der Waals surface area (Å²) in [6, 6.07) is 0.524. The van der Waals surface area contributed by atoms with Crippen LogP contribution in [0.2, 0.25) is 0 Å². The van der Waals surface area contributed by atoms with E-state index in [1.165, 1.54) is 0 Å². The molecule has 0 N–H and O–H groups in total. The van der Waals surface area contributed by atoms with E-state index >= 15 is 0 Å². The molecule has 25 heavy (non-hydrogen) atoms. The van der Waals surface area contributed by atoms with Crippen molar-refractivity contribution in [3.63, 3.8) is 0 Å². The van der Waals surface area contributed by atoms with Gasteiger partial charge < -0.3 is 14.3 Å². The Labute approximate surface area is 150 Å². The van der Waals surface area contributed by atoms with Gasteiger partial charge in [-0.2, -0.15) is 4.98 Å². The number of aromatic nitrogens is 2. The summed E-state index contributed by atoms with van der Waals surface area (Å²) in [4.78, 5) is 22.2. The van der Waals surface area contributed by atoms with Crippen LogP contribution in [0.5, 0.6) is 0 Å². The van der Waals surface area contributed by atoms with Crippen molar-refractivity contribution in [1.82, 2.24) is 19.9 Å². The molecule has 2 aliphatic heterocycles. The van der Waals surface area contributed by atoms with Crippen molar-refractivity contribution >= 4 is 5.91 Å². The van der Waals surface area contributed by atoms with Crippen LogP contribution < -0.4 is 0 Å². The minimum atomic E-state index is -0.0376. The molecule has 2 saturated heterocycles. The van der Waals surface area contributed by atoms with E-state index in [1.54, 1.807) is 0 Å². The van der Waals surface area contributed by atoms with Gasteiger partial charge in [0.05, 0.1) is 0 Å². The highest BCUT2D eigenvalue weighted by Crippen LogP contribution is 2.33. The molecular formula is C19H32N4O2. The highest BCUT2D eigenvalue weighted by molar-refractivity contribution is 5.79. The van der Waals surface area contributed by atoms with Crippen molar-refractivity contribution in [3.8, 4) is 0 Å². The summed E-state index contributed by atoms with van der Waals surface area (Å²) in [6.45, 7) is 11.4. The standard InChI is InChI=1S/C19H32N4O2/c1-13(2)17-20-18(25-21-17)16-7-5-6-10-23(16)19(24)15-8-11-22(12-9-15)14(3)4/h13-16H,5-12H2,1-4H3/t16-/m0/s1. The number of rotatable bonds is 4. The lowest BCUT2D eigenvalue weighted by atomic mass is 9.92. The molecule has 2 aliphatic rings.